The summed E-state index contributed by atoms with van der Waals surface area (Å²) in [5, 5.41) is 6.63. The van der Waals surface area contributed by atoms with Gasteiger partial charge in [-0.3, -0.25) is 5.10 Å². The van der Waals surface area contributed by atoms with Gasteiger partial charge in [0.2, 0.25) is 0 Å². The van der Waals surface area contributed by atoms with E-state index in [1.807, 2.05) is 27.7 Å². The molecule has 15 heavy (non-hydrogen) atoms. The zero-order valence-corrected chi connectivity index (χ0v) is 10.2. The van der Waals surface area contributed by atoms with E-state index in [1.54, 1.807) is 12.4 Å². The molecule has 1 aromatic heterocycles. The van der Waals surface area contributed by atoms with Gasteiger partial charge in [0.15, 0.2) is 0 Å². The third kappa shape index (κ3) is 2.05. The molecular formula is C9H16BClN2O2. The molecule has 1 saturated heterocycles. The molecule has 0 amide bonds. The van der Waals surface area contributed by atoms with Gasteiger partial charge in [0.25, 0.3) is 0 Å². The molecule has 2 heterocycles. The summed E-state index contributed by atoms with van der Waals surface area (Å²) >= 11 is 0. The van der Waals surface area contributed by atoms with Crippen molar-refractivity contribution in [1.82, 2.24) is 10.2 Å². The Morgan fingerprint density at radius 2 is 1.73 bits per heavy atom. The van der Waals surface area contributed by atoms with Gasteiger partial charge >= 0.3 is 7.12 Å². The molecule has 1 N–H and O–H groups in total. The molecule has 0 unspecified atom stereocenters. The summed E-state index contributed by atoms with van der Waals surface area (Å²) in [6.45, 7) is 8.14. The van der Waals surface area contributed by atoms with E-state index in [0.717, 1.165) is 5.46 Å². The molecule has 1 aliphatic heterocycles. The number of rotatable bonds is 1. The van der Waals surface area contributed by atoms with Crippen LogP contribution in [0.2, 0.25) is 0 Å². The second-order valence-electron chi connectivity index (χ2n) is 4.62. The normalized spacial score (nSPS) is 22.5. The number of H-pyrrole nitrogens is 1. The van der Waals surface area contributed by atoms with Crippen molar-refractivity contribution in [1.29, 1.82) is 0 Å². The summed E-state index contributed by atoms with van der Waals surface area (Å²) in [7, 11) is -0.307. The number of aromatic nitrogens is 2. The third-order valence-corrected chi connectivity index (χ3v) is 3.04. The van der Waals surface area contributed by atoms with Crippen molar-refractivity contribution in [3.63, 3.8) is 0 Å². The zero-order valence-electron chi connectivity index (χ0n) is 9.40. The minimum atomic E-state index is -0.307. The highest BCUT2D eigenvalue weighted by Crippen LogP contribution is 2.36. The SMILES string of the molecule is CC1(C)OB(c2cn[nH]c2)OC1(C)C.Cl. The predicted octanol–water partition coefficient (Wildman–Crippen LogP) is 1.13. The lowest BCUT2D eigenvalue weighted by Gasteiger charge is -2.32. The first-order valence-electron chi connectivity index (χ1n) is 4.77. The van der Waals surface area contributed by atoms with E-state index in [1.165, 1.54) is 0 Å². The fourth-order valence-corrected chi connectivity index (χ4v) is 1.37. The minimum Gasteiger partial charge on any atom is -0.399 e. The summed E-state index contributed by atoms with van der Waals surface area (Å²) in [6.07, 6.45) is 3.52. The molecule has 0 aliphatic carbocycles. The quantitative estimate of drug-likeness (QED) is 0.736. The van der Waals surface area contributed by atoms with Crippen LogP contribution in [-0.2, 0) is 9.31 Å². The Morgan fingerprint density at radius 3 is 2.13 bits per heavy atom. The van der Waals surface area contributed by atoms with Gasteiger partial charge in [0, 0.05) is 17.9 Å². The number of hydrogen-bond donors (Lipinski definition) is 1. The van der Waals surface area contributed by atoms with Crippen LogP contribution in [0.15, 0.2) is 12.4 Å². The van der Waals surface area contributed by atoms with E-state index in [-0.39, 0.29) is 30.7 Å². The Hall–Kier alpha value is -0.515. The van der Waals surface area contributed by atoms with Crippen molar-refractivity contribution in [3.05, 3.63) is 12.4 Å². The molecule has 84 valence electrons. The van der Waals surface area contributed by atoms with Crippen LogP contribution in [0.25, 0.3) is 0 Å². The molecule has 4 nitrogen and oxygen atoms in total. The summed E-state index contributed by atoms with van der Waals surface area (Å²) in [4.78, 5) is 0. The lowest BCUT2D eigenvalue weighted by Crippen LogP contribution is -2.41. The van der Waals surface area contributed by atoms with Crippen LogP contribution in [0.1, 0.15) is 27.7 Å². The van der Waals surface area contributed by atoms with Gasteiger partial charge in [-0.2, -0.15) is 5.10 Å². The summed E-state index contributed by atoms with van der Waals surface area (Å²) in [5.41, 5.74) is 0.368. The molecule has 1 aromatic rings. The molecule has 0 spiro atoms. The van der Waals surface area contributed by atoms with Gasteiger partial charge in [-0.05, 0) is 27.7 Å². The Bertz CT molecular complexity index is 311. The molecule has 6 heteroatoms. The average molecular weight is 231 g/mol. The standard InChI is InChI=1S/C9H15BN2O2.ClH/c1-8(2)9(3,4)14-10(13-8)7-5-11-12-6-7;/h5-6H,1-4H3,(H,11,12);1H. The van der Waals surface area contributed by atoms with Gasteiger partial charge in [-0.1, -0.05) is 0 Å². The molecule has 0 atom stereocenters. The van der Waals surface area contributed by atoms with E-state index >= 15 is 0 Å². The monoisotopic (exact) mass is 230 g/mol. The topological polar surface area (TPSA) is 47.1 Å². The number of halogens is 1. The van der Waals surface area contributed by atoms with Crippen LogP contribution in [0, 0.1) is 0 Å². The molecule has 1 aliphatic rings. The molecule has 0 radical (unpaired) electrons. The summed E-state index contributed by atoms with van der Waals surface area (Å²) in [5.74, 6) is 0. The van der Waals surface area contributed by atoms with E-state index in [0.29, 0.717) is 0 Å². The zero-order chi connectivity index (χ0) is 10.4. The van der Waals surface area contributed by atoms with E-state index in [4.69, 9.17) is 9.31 Å². The predicted molar refractivity (Wildman–Crippen MR) is 61.6 cm³/mol. The number of nitrogens with one attached hydrogen (secondary N) is 1. The van der Waals surface area contributed by atoms with Crippen LogP contribution in [0.5, 0.6) is 0 Å². The highest BCUT2D eigenvalue weighted by atomic mass is 35.5. The smallest absolute Gasteiger partial charge is 0.399 e. The molecule has 0 aromatic carbocycles. The summed E-state index contributed by atoms with van der Waals surface area (Å²) in [6, 6.07) is 0. The second kappa shape index (κ2) is 3.81. The number of hydrogen-bond acceptors (Lipinski definition) is 3. The largest absolute Gasteiger partial charge is 0.498 e. The first-order chi connectivity index (χ1) is 6.42. The Balaban J connectivity index is 0.00000112. The van der Waals surface area contributed by atoms with Gasteiger partial charge in [0.1, 0.15) is 0 Å². The van der Waals surface area contributed by atoms with Crippen molar-refractivity contribution < 1.29 is 9.31 Å². The molecule has 0 bridgehead atoms. The van der Waals surface area contributed by atoms with Crippen molar-refractivity contribution in [2.45, 2.75) is 38.9 Å². The maximum atomic E-state index is 5.83. The fraction of sp³-hybridized carbons (Fsp3) is 0.667. The van der Waals surface area contributed by atoms with E-state index in [2.05, 4.69) is 10.2 Å². The fourth-order valence-electron chi connectivity index (χ4n) is 1.37. The average Bonchev–Trinajstić information content (AvgIpc) is 2.58. The number of nitrogens with zero attached hydrogens (tertiary/aromatic N) is 1. The maximum absolute atomic E-state index is 5.83. The van der Waals surface area contributed by atoms with Gasteiger partial charge in [-0.25, -0.2) is 0 Å². The Morgan fingerprint density at radius 1 is 1.20 bits per heavy atom. The lowest BCUT2D eigenvalue weighted by atomic mass is 9.82. The van der Waals surface area contributed by atoms with E-state index < -0.39 is 0 Å². The molecule has 0 saturated carbocycles. The Kier molecular flexibility index (Phi) is 3.19. The maximum Gasteiger partial charge on any atom is 0.498 e. The van der Waals surface area contributed by atoms with Gasteiger partial charge < -0.3 is 9.31 Å². The van der Waals surface area contributed by atoms with Crippen molar-refractivity contribution in [2.75, 3.05) is 0 Å². The van der Waals surface area contributed by atoms with E-state index in [9.17, 15) is 0 Å². The van der Waals surface area contributed by atoms with Crippen molar-refractivity contribution in [3.8, 4) is 0 Å². The highest BCUT2D eigenvalue weighted by Gasteiger charge is 2.51. The molecule has 1 fully saturated rings. The first-order valence-corrected chi connectivity index (χ1v) is 4.77. The van der Waals surface area contributed by atoms with Gasteiger partial charge in [0.05, 0.1) is 11.2 Å². The van der Waals surface area contributed by atoms with Gasteiger partial charge in [-0.15, -0.1) is 12.4 Å². The highest BCUT2D eigenvalue weighted by molar-refractivity contribution is 6.61. The minimum absolute atomic E-state index is 0. The number of aromatic amines is 1. The van der Waals surface area contributed by atoms with Crippen LogP contribution < -0.4 is 5.46 Å². The summed E-state index contributed by atoms with van der Waals surface area (Å²) < 4.78 is 11.7. The van der Waals surface area contributed by atoms with Crippen LogP contribution in [-0.4, -0.2) is 28.5 Å². The van der Waals surface area contributed by atoms with Crippen LogP contribution in [0.4, 0.5) is 0 Å². The lowest BCUT2D eigenvalue weighted by molar-refractivity contribution is 0.00578. The first kappa shape index (κ1) is 12.6. The molecule has 2 rings (SSSR count). The van der Waals surface area contributed by atoms with Crippen LogP contribution in [0.3, 0.4) is 0 Å². The van der Waals surface area contributed by atoms with Crippen molar-refractivity contribution in [2.24, 2.45) is 0 Å². The second-order valence-corrected chi connectivity index (χ2v) is 4.62. The van der Waals surface area contributed by atoms with Crippen molar-refractivity contribution >= 4 is 25.0 Å². The van der Waals surface area contributed by atoms with Crippen LogP contribution >= 0.6 is 12.4 Å². The Labute approximate surface area is 96.3 Å². The molecular weight excluding hydrogens is 214 g/mol. The third-order valence-electron chi connectivity index (χ3n) is 3.04.